The van der Waals surface area contributed by atoms with E-state index in [-0.39, 0.29) is 28.8 Å². The Kier molecular flexibility index (Phi) is 9.03. The van der Waals surface area contributed by atoms with Gasteiger partial charge in [-0.2, -0.15) is 0 Å². The average Bonchev–Trinajstić information content (AvgIpc) is 3.18. The summed E-state index contributed by atoms with van der Waals surface area (Å²) in [5.41, 5.74) is 0.916. The fraction of sp³-hybridized carbons (Fsp3) is 0.364. The van der Waals surface area contributed by atoms with Crippen LogP contribution < -0.4 is 9.64 Å². The molecule has 32 heavy (non-hydrogen) atoms. The maximum absolute atomic E-state index is 13.6. The van der Waals surface area contributed by atoms with Crippen LogP contribution in [0.3, 0.4) is 0 Å². The molecule has 0 atom stereocenters. The zero-order chi connectivity index (χ0) is 22.6. The third kappa shape index (κ3) is 5.78. The lowest BCUT2D eigenvalue weighted by Crippen LogP contribution is -2.39. The lowest BCUT2D eigenvalue weighted by atomic mass is 10.2. The molecule has 0 unspecified atom stereocenters. The van der Waals surface area contributed by atoms with Crippen LogP contribution in [0.15, 0.2) is 47.4 Å². The van der Waals surface area contributed by atoms with Gasteiger partial charge in [0.2, 0.25) is 0 Å². The summed E-state index contributed by atoms with van der Waals surface area (Å²) in [6.45, 7) is 6.90. The van der Waals surface area contributed by atoms with Gasteiger partial charge in [-0.15, -0.1) is 12.4 Å². The normalized spacial score (nSPS) is 11.4. The molecular formula is C22H28ClN3O4S2. The van der Waals surface area contributed by atoms with Gasteiger partial charge in [0, 0.05) is 19.3 Å². The standard InChI is InChI=1S/C22H27N3O4S2.ClH/c1-5-24(6-2)13-14-25(21(26)17-9-7-8-10-20(17)31(4,27)28)22-23-18-12-11-16(29-3)15-19(18)30-22;/h7-12,15H,5-6,13-14H2,1-4H3;1H. The highest BCUT2D eigenvalue weighted by atomic mass is 35.5. The minimum atomic E-state index is -3.56. The molecule has 10 heteroatoms. The van der Waals surface area contributed by atoms with Crippen molar-refractivity contribution in [1.29, 1.82) is 0 Å². The van der Waals surface area contributed by atoms with E-state index >= 15 is 0 Å². The summed E-state index contributed by atoms with van der Waals surface area (Å²) in [5.74, 6) is 0.338. The lowest BCUT2D eigenvalue weighted by molar-refractivity contribution is 0.0980. The first-order valence-electron chi connectivity index (χ1n) is 10.1. The molecule has 0 bridgehead atoms. The number of hydrogen-bond donors (Lipinski definition) is 0. The van der Waals surface area contributed by atoms with E-state index in [1.165, 1.54) is 17.4 Å². The molecule has 0 fully saturated rings. The predicted octanol–water partition coefficient (Wildman–Crippen LogP) is 4.12. The average molecular weight is 498 g/mol. The highest BCUT2D eigenvalue weighted by Crippen LogP contribution is 2.32. The van der Waals surface area contributed by atoms with Crippen LogP contribution in [0.1, 0.15) is 24.2 Å². The Labute approximate surface area is 199 Å². The second kappa shape index (κ2) is 11.1. The Hall–Kier alpha value is -2.20. The number of fused-ring (bicyclic) bond motifs is 1. The summed E-state index contributed by atoms with van der Waals surface area (Å²) >= 11 is 1.38. The second-order valence-electron chi connectivity index (χ2n) is 7.08. The van der Waals surface area contributed by atoms with E-state index in [0.29, 0.717) is 24.0 Å². The van der Waals surface area contributed by atoms with E-state index in [9.17, 15) is 13.2 Å². The number of anilines is 1. The smallest absolute Gasteiger partial charge is 0.261 e. The first-order chi connectivity index (χ1) is 14.8. The number of hydrogen-bond acceptors (Lipinski definition) is 7. The van der Waals surface area contributed by atoms with Crippen LogP contribution >= 0.6 is 23.7 Å². The van der Waals surface area contributed by atoms with Crippen LogP contribution in [0.4, 0.5) is 5.13 Å². The number of aromatic nitrogens is 1. The summed E-state index contributed by atoms with van der Waals surface area (Å²) in [4.78, 5) is 22.1. The first kappa shape index (κ1) is 26.1. The van der Waals surface area contributed by atoms with Gasteiger partial charge in [0.15, 0.2) is 15.0 Å². The Balaban J connectivity index is 0.00000363. The second-order valence-corrected chi connectivity index (χ2v) is 10.1. The molecule has 0 aliphatic rings. The van der Waals surface area contributed by atoms with E-state index in [4.69, 9.17) is 4.74 Å². The van der Waals surface area contributed by atoms with Crippen molar-refractivity contribution in [2.75, 3.05) is 44.4 Å². The first-order valence-corrected chi connectivity index (χ1v) is 12.8. The van der Waals surface area contributed by atoms with E-state index in [1.807, 2.05) is 18.2 Å². The summed E-state index contributed by atoms with van der Waals surface area (Å²) < 4.78 is 30.8. The monoisotopic (exact) mass is 497 g/mol. The molecule has 0 spiro atoms. The Morgan fingerprint density at radius 3 is 2.41 bits per heavy atom. The molecule has 3 rings (SSSR count). The number of rotatable bonds is 9. The maximum atomic E-state index is 13.6. The fourth-order valence-electron chi connectivity index (χ4n) is 3.31. The van der Waals surface area contributed by atoms with Crippen LogP contribution in [-0.4, -0.2) is 63.8 Å². The van der Waals surface area contributed by atoms with Gasteiger partial charge in [0.05, 0.1) is 27.8 Å². The number of thiazole rings is 1. The number of sulfone groups is 1. The molecule has 174 valence electrons. The van der Waals surface area contributed by atoms with Crippen LogP contribution in [-0.2, 0) is 9.84 Å². The highest BCUT2D eigenvalue weighted by Gasteiger charge is 2.26. The summed E-state index contributed by atoms with van der Waals surface area (Å²) in [6, 6.07) is 11.9. The molecule has 1 amide bonds. The number of methoxy groups -OCH3 is 1. The maximum Gasteiger partial charge on any atom is 0.261 e. The van der Waals surface area contributed by atoms with E-state index in [1.54, 1.807) is 30.2 Å². The minimum absolute atomic E-state index is 0. The third-order valence-corrected chi connectivity index (χ3v) is 7.31. The SMILES string of the molecule is CCN(CC)CCN(C(=O)c1ccccc1S(C)(=O)=O)c1nc2ccc(OC)cc2s1.Cl. The lowest BCUT2D eigenvalue weighted by Gasteiger charge is -2.25. The molecule has 1 heterocycles. The van der Waals surface area contributed by atoms with Crippen LogP contribution in [0.25, 0.3) is 10.2 Å². The van der Waals surface area contributed by atoms with Crippen LogP contribution in [0.5, 0.6) is 5.75 Å². The zero-order valence-electron chi connectivity index (χ0n) is 18.6. The highest BCUT2D eigenvalue weighted by molar-refractivity contribution is 7.90. The van der Waals surface area contributed by atoms with Crippen molar-refractivity contribution < 1.29 is 17.9 Å². The van der Waals surface area contributed by atoms with Gasteiger partial charge in [-0.05, 0) is 43.4 Å². The van der Waals surface area contributed by atoms with E-state index in [2.05, 4.69) is 23.7 Å². The largest absolute Gasteiger partial charge is 0.497 e. The number of halogens is 1. The molecule has 0 N–H and O–H groups in total. The number of likely N-dealkylation sites (N-methyl/N-ethyl adjacent to an activating group) is 1. The zero-order valence-corrected chi connectivity index (χ0v) is 21.0. The molecule has 0 saturated heterocycles. The molecular weight excluding hydrogens is 470 g/mol. The molecule has 0 saturated carbocycles. The van der Waals surface area contributed by atoms with Crippen molar-refractivity contribution in [3.05, 3.63) is 48.0 Å². The summed E-state index contributed by atoms with van der Waals surface area (Å²) in [7, 11) is -1.96. The van der Waals surface area contributed by atoms with Crippen molar-refractivity contribution >= 4 is 54.8 Å². The number of ether oxygens (including phenoxy) is 1. The predicted molar refractivity (Wildman–Crippen MR) is 132 cm³/mol. The van der Waals surface area contributed by atoms with Gasteiger partial charge in [0.25, 0.3) is 5.91 Å². The van der Waals surface area contributed by atoms with Crippen molar-refractivity contribution in [3.8, 4) is 5.75 Å². The topological polar surface area (TPSA) is 79.8 Å². The van der Waals surface area contributed by atoms with Crippen LogP contribution in [0, 0.1) is 0 Å². The van der Waals surface area contributed by atoms with Crippen molar-refractivity contribution in [2.45, 2.75) is 18.7 Å². The molecule has 0 aliphatic carbocycles. The van der Waals surface area contributed by atoms with Crippen molar-refractivity contribution in [2.24, 2.45) is 0 Å². The fourth-order valence-corrected chi connectivity index (χ4v) is 5.21. The molecule has 0 aliphatic heterocycles. The van der Waals surface area contributed by atoms with Crippen molar-refractivity contribution in [1.82, 2.24) is 9.88 Å². The third-order valence-electron chi connectivity index (χ3n) is 5.11. The van der Waals surface area contributed by atoms with Gasteiger partial charge in [-0.25, -0.2) is 13.4 Å². The Morgan fingerprint density at radius 2 is 1.78 bits per heavy atom. The van der Waals surface area contributed by atoms with Crippen LogP contribution in [0.2, 0.25) is 0 Å². The quantitative estimate of drug-likeness (QED) is 0.442. The van der Waals surface area contributed by atoms with Gasteiger partial charge in [0.1, 0.15) is 5.75 Å². The molecule has 2 aromatic carbocycles. The van der Waals surface area contributed by atoms with Gasteiger partial charge < -0.3 is 9.64 Å². The Bertz CT molecular complexity index is 1180. The number of carbonyl (C=O) groups is 1. The number of carbonyl (C=O) groups excluding carboxylic acids is 1. The summed E-state index contributed by atoms with van der Waals surface area (Å²) in [5, 5.41) is 0.531. The molecule has 1 aromatic heterocycles. The van der Waals surface area contributed by atoms with Gasteiger partial charge in [-0.3, -0.25) is 9.69 Å². The number of benzene rings is 2. The van der Waals surface area contributed by atoms with Crippen molar-refractivity contribution in [3.63, 3.8) is 0 Å². The summed E-state index contributed by atoms with van der Waals surface area (Å²) in [6.07, 6.45) is 1.11. The number of nitrogens with zero attached hydrogens (tertiary/aromatic N) is 3. The molecule has 0 radical (unpaired) electrons. The molecule has 3 aromatic rings. The van der Waals surface area contributed by atoms with Gasteiger partial charge in [-0.1, -0.05) is 37.3 Å². The number of amides is 1. The Morgan fingerprint density at radius 1 is 1.09 bits per heavy atom. The molecule has 7 nitrogen and oxygen atoms in total. The van der Waals surface area contributed by atoms with E-state index < -0.39 is 9.84 Å². The van der Waals surface area contributed by atoms with E-state index in [0.717, 1.165) is 29.6 Å². The van der Waals surface area contributed by atoms with Gasteiger partial charge >= 0.3 is 0 Å². The minimum Gasteiger partial charge on any atom is -0.497 e.